The maximum absolute atomic E-state index is 5.34. The zero-order valence-electron chi connectivity index (χ0n) is 35.8. The number of hydrogen-bond acceptors (Lipinski definition) is 5. The molecule has 0 radical (unpaired) electrons. The Balaban J connectivity index is 0.852. The number of para-hydroxylation sites is 1. The highest BCUT2D eigenvalue weighted by atomic mass is 32.2. The van der Waals surface area contributed by atoms with Gasteiger partial charge in [0.25, 0.3) is 0 Å². The van der Waals surface area contributed by atoms with Gasteiger partial charge in [0.2, 0.25) is 0 Å². The summed E-state index contributed by atoms with van der Waals surface area (Å²) in [5.74, 6) is 2.09. The van der Waals surface area contributed by atoms with Crippen molar-refractivity contribution in [2.24, 2.45) is 9.98 Å². The first-order valence-electron chi connectivity index (χ1n) is 22.3. The van der Waals surface area contributed by atoms with Gasteiger partial charge in [0, 0.05) is 57.6 Å². The van der Waals surface area contributed by atoms with Crippen LogP contribution in [0.4, 0.5) is 11.4 Å². The van der Waals surface area contributed by atoms with E-state index in [-0.39, 0.29) is 11.7 Å². The lowest BCUT2D eigenvalue weighted by Crippen LogP contribution is -2.41. The molecule has 64 heavy (non-hydrogen) atoms. The highest BCUT2D eigenvalue weighted by Gasteiger charge is 2.46. The van der Waals surface area contributed by atoms with E-state index in [9.17, 15) is 0 Å². The number of allylic oxidation sites excluding steroid dienone is 5. The Morgan fingerprint density at radius 1 is 0.578 bits per heavy atom. The second-order valence-electron chi connectivity index (χ2n) is 17.5. The van der Waals surface area contributed by atoms with E-state index in [2.05, 4.69) is 236 Å². The fourth-order valence-corrected chi connectivity index (χ4v) is 11.9. The van der Waals surface area contributed by atoms with E-state index in [0.717, 1.165) is 40.5 Å². The molecule has 0 spiro atoms. The predicted octanol–water partition coefficient (Wildman–Crippen LogP) is 14.3. The third-order valence-electron chi connectivity index (χ3n) is 13.7. The van der Waals surface area contributed by atoms with Gasteiger partial charge in [-0.15, -0.1) is 11.8 Å². The first kappa shape index (κ1) is 38.5. The molecule has 308 valence electrons. The second kappa shape index (κ2) is 15.5. The number of hydrogen-bond donors (Lipinski definition) is 0. The minimum atomic E-state index is -0.284. The van der Waals surface area contributed by atoms with Crippen LogP contribution in [0.5, 0.6) is 0 Å². The first-order chi connectivity index (χ1) is 31.5. The number of amidine groups is 2. The molecule has 5 aliphatic rings. The molecule has 12 rings (SSSR count). The summed E-state index contributed by atoms with van der Waals surface area (Å²) in [7, 11) is 2.10. The van der Waals surface area contributed by atoms with Crippen molar-refractivity contribution in [1.82, 2.24) is 4.90 Å². The quantitative estimate of drug-likeness (QED) is 0.160. The van der Waals surface area contributed by atoms with Gasteiger partial charge in [-0.05, 0) is 75.2 Å². The summed E-state index contributed by atoms with van der Waals surface area (Å²) in [5, 5.41) is 0.482. The summed E-state index contributed by atoms with van der Waals surface area (Å²) in [5.41, 5.74) is 17.0. The fourth-order valence-electron chi connectivity index (χ4n) is 10.5. The minimum Gasteiger partial charge on any atom is -0.333 e. The topological polar surface area (TPSA) is 31.2 Å². The van der Waals surface area contributed by atoms with Crippen molar-refractivity contribution in [3.8, 4) is 22.3 Å². The zero-order valence-corrected chi connectivity index (χ0v) is 36.7. The minimum absolute atomic E-state index is 0.261. The van der Waals surface area contributed by atoms with Crippen molar-refractivity contribution in [1.29, 1.82) is 0 Å². The summed E-state index contributed by atoms with van der Waals surface area (Å²) in [6, 6.07) is 63.7. The van der Waals surface area contributed by atoms with Gasteiger partial charge in [-0.2, -0.15) is 0 Å². The van der Waals surface area contributed by atoms with Gasteiger partial charge in [0.05, 0.1) is 5.54 Å². The Kier molecular flexibility index (Phi) is 9.34. The number of benzene rings is 7. The third kappa shape index (κ3) is 6.45. The number of anilines is 2. The fraction of sp³-hybridized carbons (Fsp3) is 0.119. The summed E-state index contributed by atoms with van der Waals surface area (Å²) in [6.07, 6.45) is 14.4. The summed E-state index contributed by atoms with van der Waals surface area (Å²) in [6.45, 7) is 2.41. The molecule has 0 N–H and O–H groups in total. The van der Waals surface area contributed by atoms with Gasteiger partial charge in [-0.3, -0.25) is 0 Å². The molecule has 0 fully saturated rings. The van der Waals surface area contributed by atoms with E-state index in [1.807, 2.05) is 11.8 Å². The normalized spacial score (nSPS) is 21.6. The van der Waals surface area contributed by atoms with Crippen molar-refractivity contribution in [2.45, 2.75) is 41.1 Å². The van der Waals surface area contributed by atoms with Crippen LogP contribution < -0.4 is 4.90 Å². The molecule has 3 aliphatic heterocycles. The Hall–Kier alpha value is -7.21. The lowest BCUT2D eigenvalue weighted by atomic mass is 9.78. The molecular formula is C59H46N4S. The van der Waals surface area contributed by atoms with Gasteiger partial charge < -0.3 is 9.80 Å². The molecule has 0 bridgehead atoms. The molecule has 0 amide bonds. The van der Waals surface area contributed by atoms with Crippen LogP contribution >= 0.6 is 11.8 Å². The van der Waals surface area contributed by atoms with Gasteiger partial charge >= 0.3 is 0 Å². The molecule has 4 atom stereocenters. The van der Waals surface area contributed by atoms with E-state index < -0.39 is 0 Å². The molecule has 7 aromatic rings. The number of thioether (sulfide) groups is 1. The maximum Gasteiger partial charge on any atom is 0.159 e. The largest absolute Gasteiger partial charge is 0.333 e. The summed E-state index contributed by atoms with van der Waals surface area (Å²) in [4.78, 5) is 16.7. The molecular weight excluding hydrogens is 797 g/mol. The molecule has 4 unspecified atom stereocenters. The molecule has 5 heteroatoms. The molecule has 0 saturated carbocycles. The number of rotatable bonds is 7. The van der Waals surface area contributed by atoms with E-state index in [1.54, 1.807) is 0 Å². The average molecular weight is 843 g/mol. The summed E-state index contributed by atoms with van der Waals surface area (Å²) < 4.78 is 0. The van der Waals surface area contributed by atoms with Crippen molar-refractivity contribution in [3.63, 3.8) is 0 Å². The van der Waals surface area contributed by atoms with Crippen LogP contribution in [0.3, 0.4) is 0 Å². The van der Waals surface area contributed by atoms with Crippen molar-refractivity contribution >= 4 is 46.0 Å². The van der Waals surface area contributed by atoms with Crippen LogP contribution in [-0.2, 0) is 0 Å². The smallest absolute Gasteiger partial charge is 0.159 e. The van der Waals surface area contributed by atoms with Crippen LogP contribution in [0.15, 0.2) is 227 Å². The molecule has 7 aromatic carbocycles. The lowest BCUT2D eigenvalue weighted by Gasteiger charge is -2.41. The van der Waals surface area contributed by atoms with Crippen LogP contribution in [0.1, 0.15) is 58.8 Å². The zero-order chi connectivity index (χ0) is 42.8. The molecule has 4 nitrogen and oxygen atoms in total. The van der Waals surface area contributed by atoms with E-state index in [4.69, 9.17) is 9.98 Å². The molecule has 3 heterocycles. The van der Waals surface area contributed by atoms with Crippen molar-refractivity contribution < 1.29 is 0 Å². The Morgan fingerprint density at radius 2 is 1.22 bits per heavy atom. The van der Waals surface area contributed by atoms with Gasteiger partial charge in [0.1, 0.15) is 12.0 Å². The number of fused-ring (bicyclic) bond motifs is 6. The number of aliphatic imine (C=N–C) groups is 2. The van der Waals surface area contributed by atoms with Gasteiger partial charge in [0.15, 0.2) is 5.84 Å². The van der Waals surface area contributed by atoms with Crippen molar-refractivity contribution in [2.75, 3.05) is 11.9 Å². The van der Waals surface area contributed by atoms with Crippen molar-refractivity contribution in [3.05, 3.63) is 246 Å². The maximum atomic E-state index is 5.34. The van der Waals surface area contributed by atoms with Gasteiger partial charge in [-0.1, -0.05) is 194 Å². The highest BCUT2D eigenvalue weighted by Crippen LogP contribution is 2.56. The first-order valence-corrected chi connectivity index (χ1v) is 23.2. The molecule has 2 aliphatic carbocycles. The highest BCUT2D eigenvalue weighted by molar-refractivity contribution is 8.00. The monoisotopic (exact) mass is 842 g/mol. The third-order valence-corrected chi connectivity index (χ3v) is 15.1. The standard InChI is InChI=1S/C59H46N4S/c1-59-38-46(41-24-28-42(29-25-41)48-20-13-21-50-49-18-10-12-23-54(49)64-55(48)50)34-37-52(59)51-19-9-11-22-53(51)63(59)47-35-32-45(33-36-47)58-61-56(60-57(62(58)2)44-16-7-4-8-17-44)43-30-26-40(27-31-43)39-14-5-3-6-15-39/h3-37,49,54,58H,38H2,1-2H3. The Bertz CT molecular complexity index is 3120. The van der Waals surface area contributed by atoms with E-state index in [1.165, 1.54) is 60.7 Å². The second-order valence-corrected chi connectivity index (χ2v) is 18.7. The summed E-state index contributed by atoms with van der Waals surface area (Å²) >= 11 is 2.01. The van der Waals surface area contributed by atoms with E-state index >= 15 is 0 Å². The SMILES string of the molecule is CN1C(c2ccccc2)=NC(c2ccc(-c3ccccc3)cc2)=NC1c1ccc(N2c3ccccc3C3=CC=C(c4ccc(-c5cccc6c5SC5C=CC=CC65)cc4)CC32C)cc1. The van der Waals surface area contributed by atoms with Crippen LogP contribution in [0.25, 0.3) is 33.4 Å². The predicted molar refractivity (Wildman–Crippen MR) is 268 cm³/mol. The van der Waals surface area contributed by atoms with E-state index in [0.29, 0.717) is 11.2 Å². The van der Waals surface area contributed by atoms with Crippen LogP contribution in [0.2, 0.25) is 0 Å². The average Bonchev–Trinajstić information content (AvgIpc) is 3.87. The van der Waals surface area contributed by atoms with Gasteiger partial charge in [-0.25, -0.2) is 9.98 Å². The van der Waals surface area contributed by atoms with Crippen LogP contribution in [0, 0.1) is 0 Å². The Labute approximate surface area is 380 Å². The molecule has 0 aromatic heterocycles. The van der Waals surface area contributed by atoms with Crippen LogP contribution in [-0.4, -0.2) is 34.4 Å². The molecule has 0 saturated heterocycles. The number of nitrogens with zero attached hydrogens (tertiary/aromatic N) is 4. The lowest BCUT2D eigenvalue weighted by molar-refractivity contribution is 0.383. The Morgan fingerprint density at radius 3 is 2.00 bits per heavy atom.